The summed E-state index contributed by atoms with van der Waals surface area (Å²) in [6.07, 6.45) is -4.55. The van der Waals surface area contributed by atoms with Gasteiger partial charge in [0.2, 0.25) is 5.78 Å². The summed E-state index contributed by atoms with van der Waals surface area (Å²) in [4.78, 5) is 11.4. The highest BCUT2D eigenvalue weighted by atomic mass is 32.2. The summed E-state index contributed by atoms with van der Waals surface area (Å²) in [7, 11) is 0. The molecule has 1 aromatic carbocycles. The molecule has 1 rings (SSSR count). The van der Waals surface area contributed by atoms with Crippen LogP contribution in [0.5, 0.6) is 0 Å². The molecule has 0 aliphatic rings. The third-order valence-corrected chi connectivity index (χ3v) is 2.90. The Hall–Kier alpha value is -1.11. The van der Waals surface area contributed by atoms with Crippen LogP contribution in [0.25, 0.3) is 0 Å². The number of thioether (sulfide) groups is 1. The Morgan fingerprint density at radius 1 is 1.11 bits per heavy atom. The molecule has 0 amide bonds. The first-order valence-electron chi connectivity index (χ1n) is 4.92. The van der Waals surface area contributed by atoms with E-state index in [-0.39, 0.29) is 17.5 Å². The van der Waals surface area contributed by atoms with Crippen molar-refractivity contribution < 1.29 is 26.7 Å². The molecule has 100 valence electrons. The number of rotatable bonds is 4. The van der Waals surface area contributed by atoms with E-state index in [1.165, 1.54) is 6.92 Å². The van der Waals surface area contributed by atoms with E-state index in [0.29, 0.717) is 12.1 Å². The maximum atomic E-state index is 13.2. The molecule has 7 heteroatoms. The van der Waals surface area contributed by atoms with Crippen LogP contribution in [0.4, 0.5) is 22.0 Å². The molecule has 0 saturated heterocycles. The maximum absolute atomic E-state index is 13.2. The Morgan fingerprint density at radius 2 is 1.61 bits per heavy atom. The van der Waals surface area contributed by atoms with E-state index < -0.39 is 28.3 Å². The minimum Gasteiger partial charge on any atom is -0.286 e. The zero-order valence-corrected chi connectivity index (χ0v) is 10.0. The van der Waals surface area contributed by atoms with Gasteiger partial charge in [-0.15, -0.1) is 0 Å². The van der Waals surface area contributed by atoms with Gasteiger partial charge < -0.3 is 0 Å². The molecule has 0 saturated carbocycles. The van der Waals surface area contributed by atoms with Crippen molar-refractivity contribution in [1.82, 2.24) is 0 Å². The number of halogens is 5. The van der Waals surface area contributed by atoms with Gasteiger partial charge in [0.15, 0.2) is 0 Å². The molecule has 0 spiro atoms. The number of benzene rings is 1. The number of hydrogen-bond donors (Lipinski definition) is 0. The van der Waals surface area contributed by atoms with Crippen LogP contribution in [0.3, 0.4) is 0 Å². The van der Waals surface area contributed by atoms with Gasteiger partial charge in [0, 0.05) is 5.56 Å². The fourth-order valence-electron chi connectivity index (χ4n) is 1.23. The van der Waals surface area contributed by atoms with Crippen molar-refractivity contribution in [3.05, 3.63) is 35.4 Å². The molecule has 1 nitrogen and oxygen atoms in total. The van der Waals surface area contributed by atoms with Crippen LogP contribution in [-0.2, 0) is 6.18 Å². The van der Waals surface area contributed by atoms with Crippen LogP contribution in [0.2, 0.25) is 0 Å². The van der Waals surface area contributed by atoms with Gasteiger partial charge in [-0.3, -0.25) is 4.79 Å². The van der Waals surface area contributed by atoms with Gasteiger partial charge in [-0.2, -0.15) is 22.0 Å². The lowest BCUT2D eigenvalue weighted by Crippen LogP contribution is -2.25. The van der Waals surface area contributed by atoms with Crippen LogP contribution < -0.4 is 0 Å². The molecule has 0 atom stereocenters. The normalized spacial score (nSPS) is 12.6. The van der Waals surface area contributed by atoms with E-state index in [4.69, 9.17) is 0 Å². The SMILES string of the molecule is CCSC(F)(F)C(=O)c1ccc(C(F)(F)F)cc1. The smallest absolute Gasteiger partial charge is 0.286 e. The monoisotopic (exact) mass is 284 g/mol. The van der Waals surface area contributed by atoms with Crippen molar-refractivity contribution >= 4 is 17.5 Å². The number of ketones is 1. The highest BCUT2D eigenvalue weighted by Crippen LogP contribution is 2.34. The van der Waals surface area contributed by atoms with E-state index in [2.05, 4.69) is 0 Å². The maximum Gasteiger partial charge on any atom is 0.416 e. The van der Waals surface area contributed by atoms with Gasteiger partial charge in [0.05, 0.1) is 5.56 Å². The minimum absolute atomic E-state index is 0.0272. The number of hydrogen-bond acceptors (Lipinski definition) is 2. The Bertz CT molecular complexity index is 424. The lowest BCUT2D eigenvalue weighted by molar-refractivity contribution is -0.137. The quantitative estimate of drug-likeness (QED) is 0.608. The molecule has 0 unspecified atom stereocenters. The first kappa shape index (κ1) is 14.9. The van der Waals surface area contributed by atoms with Gasteiger partial charge >= 0.3 is 11.4 Å². The fraction of sp³-hybridized carbons (Fsp3) is 0.364. The van der Waals surface area contributed by atoms with Gasteiger partial charge in [-0.05, 0) is 17.9 Å². The third kappa shape index (κ3) is 3.44. The molecule has 0 aliphatic carbocycles. The second-order valence-electron chi connectivity index (χ2n) is 3.35. The molecular weight excluding hydrogens is 275 g/mol. The number of carbonyl (C=O) groups is 1. The minimum atomic E-state index is -4.55. The van der Waals surface area contributed by atoms with Crippen molar-refractivity contribution in [3.8, 4) is 0 Å². The predicted octanol–water partition coefficient (Wildman–Crippen LogP) is 4.23. The summed E-state index contributed by atoms with van der Waals surface area (Å²) in [6.45, 7) is 1.46. The van der Waals surface area contributed by atoms with Crippen LogP contribution in [0, 0.1) is 0 Å². The average Bonchev–Trinajstić information content (AvgIpc) is 2.27. The Morgan fingerprint density at radius 3 is 2.00 bits per heavy atom. The molecule has 0 aliphatic heterocycles. The van der Waals surface area contributed by atoms with Gasteiger partial charge in [-0.25, -0.2) is 0 Å². The summed E-state index contributed by atoms with van der Waals surface area (Å²) < 4.78 is 63.2. The molecule has 0 fully saturated rings. The van der Waals surface area contributed by atoms with Crippen molar-refractivity contribution in [2.75, 3.05) is 5.75 Å². The van der Waals surface area contributed by atoms with Gasteiger partial charge in [-0.1, -0.05) is 30.8 Å². The lowest BCUT2D eigenvalue weighted by atomic mass is 10.1. The summed E-state index contributed by atoms with van der Waals surface area (Å²) in [5.41, 5.74) is -1.42. The van der Waals surface area contributed by atoms with Crippen LogP contribution in [0.15, 0.2) is 24.3 Å². The predicted molar refractivity (Wildman–Crippen MR) is 58.9 cm³/mol. The number of alkyl halides is 5. The Balaban J connectivity index is 2.96. The molecule has 1 aromatic rings. The topological polar surface area (TPSA) is 17.1 Å². The van der Waals surface area contributed by atoms with E-state index in [9.17, 15) is 26.7 Å². The van der Waals surface area contributed by atoms with Crippen molar-refractivity contribution in [1.29, 1.82) is 0 Å². The molecule has 0 bridgehead atoms. The average molecular weight is 284 g/mol. The fourth-order valence-corrected chi connectivity index (χ4v) is 1.84. The summed E-state index contributed by atoms with van der Waals surface area (Å²) in [6, 6.07) is 2.74. The summed E-state index contributed by atoms with van der Waals surface area (Å²) >= 11 is 0.141. The highest BCUT2D eigenvalue weighted by Gasteiger charge is 2.39. The second-order valence-corrected chi connectivity index (χ2v) is 4.73. The zero-order valence-electron chi connectivity index (χ0n) is 9.22. The first-order valence-corrected chi connectivity index (χ1v) is 5.91. The number of carbonyl (C=O) groups excluding carboxylic acids is 1. The van der Waals surface area contributed by atoms with Crippen molar-refractivity contribution in [2.24, 2.45) is 0 Å². The Labute approximate surface area is 104 Å². The van der Waals surface area contributed by atoms with Crippen LogP contribution >= 0.6 is 11.8 Å². The second kappa shape index (κ2) is 5.26. The lowest BCUT2D eigenvalue weighted by Gasteiger charge is -2.13. The largest absolute Gasteiger partial charge is 0.416 e. The van der Waals surface area contributed by atoms with E-state index in [1.54, 1.807) is 0 Å². The molecular formula is C11H9F5OS. The molecule has 0 radical (unpaired) electrons. The Kier molecular flexibility index (Phi) is 4.37. The van der Waals surface area contributed by atoms with Crippen LogP contribution in [-0.4, -0.2) is 16.8 Å². The van der Waals surface area contributed by atoms with Crippen molar-refractivity contribution in [3.63, 3.8) is 0 Å². The van der Waals surface area contributed by atoms with Gasteiger partial charge in [0.25, 0.3) is 0 Å². The van der Waals surface area contributed by atoms with E-state index in [0.717, 1.165) is 12.1 Å². The highest BCUT2D eigenvalue weighted by molar-refractivity contribution is 8.01. The first-order chi connectivity index (χ1) is 8.18. The van der Waals surface area contributed by atoms with E-state index in [1.807, 2.05) is 0 Å². The van der Waals surface area contributed by atoms with Crippen LogP contribution in [0.1, 0.15) is 22.8 Å². The van der Waals surface area contributed by atoms with Gasteiger partial charge in [0.1, 0.15) is 0 Å². The third-order valence-electron chi connectivity index (χ3n) is 2.06. The molecule has 0 aromatic heterocycles. The van der Waals surface area contributed by atoms with Crippen molar-refractivity contribution in [2.45, 2.75) is 18.4 Å². The standard InChI is InChI=1S/C11H9F5OS/c1-2-18-11(15,16)9(17)7-3-5-8(6-4-7)10(12,13)14/h3-6H,2H2,1H3. The van der Waals surface area contributed by atoms with E-state index >= 15 is 0 Å². The molecule has 0 N–H and O–H groups in total. The zero-order chi connectivity index (χ0) is 14.0. The molecule has 18 heavy (non-hydrogen) atoms. The number of Topliss-reactive ketones (excluding diaryl/α,β-unsaturated/α-hetero) is 1. The molecule has 0 heterocycles. The summed E-state index contributed by atoms with van der Waals surface area (Å²) in [5.74, 6) is -1.46. The summed E-state index contributed by atoms with van der Waals surface area (Å²) in [5, 5.41) is -3.62.